The van der Waals surface area contributed by atoms with Gasteiger partial charge in [-0.25, -0.2) is 0 Å². The third kappa shape index (κ3) is 2.36. The van der Waals surface area contributed by atoms with E-state index in [1.807, 2.05) is 30.0 Å². The Hall–Kier alpha value is -1.81. The number of fused-ring (bicyclic) bond motifs is 1. The highest BCUT2D eigenvalue weighted by Gasteiger charge is 2.22. The van der Waals surface area contributed by atoms with Crippen LogP contribution in [0, 0.1) is 6.92 Å². The minimum absolute atomic E-state index is 0.0899. The summed E-state index contributed by atoms with van der Waals surface area (Å²) in [7, 11) is 0. The summed E-state index contributed by atoms with van der Waals surface area (Å²) >= 11 is 1.53. The van der Waals surface area contributed by atoms with Crippen LogP contribution in [-0.2, 0) is 13.0 Å². The highest BCUT2D eigenvalue weighted by molar-refractivity contribution is 7.13. The Morgan fingerprint density at radius 3 is 2.84 bits per heavy atom. The zero-order valence-electron chi connectivity index (χ0n) is 10.7. The molecule has 0 saturated carbocycles. The van der Waals surface area contributed by atoms with Crippen molar-refractivity contribution in [1.29, 1.82) is 0 Å². The quantitative estimate of drug-likeness (QED) is 0.867. The normalized spacial score (nSPS) is 14.3. The first kappa shape index (κ1) is 12.2. The van der Waals surface area contributed by atoms with Gasteiger partial charge in [0.05, 0.1) is 4.88 Å². The van der Waals surface area contributed by atoms with Crippen LogP contribution in [-0.4, -0.2) is 22.5 Å². The van der Waals surface area contributed by atoms with E-state index < -0.39 is 0 Å². The Bertz CT molecular complexity index is 633. The van der Waals surface area contributed by atoms with Crippen LogP contribution in [0.5, 0.6) is 5.75 Å². The first-order valence-electron chi connectivity index (χ1n) is 6.30. The van der Waals surface area contributed by atoms with Gasteiger partial charge in [0.15, 0.2) is 0 Å². The van der Waals surface area contributed by atoms with E-state index in [2.05, 4.69) is 0 Å². The van der Waals surface area contributed by atoms with Crippen LogP contribution in [0.1, 0.15) is 25.7 Å². The van der Waals surface area contributed by atoms with Crippen molar-refractivity contribution in [1.82, 2.24) is 4.90 Å². The van der Waals surface area contributed by atoms with Crippen LogP contribution in [0.25, 0.3) is 0 Å². The maximum Gasteiger partial charge on any atom is 0.264 e. The highest BCUT2D eigenvalue weighted by atomic mass is 32.1. The zero-order valence-corrected chi connectivity index (χ0v) is 11.5. The molecule has 3 nitrogen and oxygen atoms in total. The van der Waals surface area contributed by atoms with Crippen molar-refractivity contribution >= 4 is 17.2 Å². The standard InChI is InChI=1S/C15H15NO2S/c1-10-2-5-14(19-10)15(18)16-7-6-11-3-4-13(17)8-12(11)9-16/h2-5,8,17H,6-7,9H2,1H3. The molecule has 1 aromatic carbocycles. The molecule has 0 unspecified atom stereocenters. The monoisotopic (exact) mass is 273 g/mol. The van der Waals surface area contributed by atoms with Gasteiger partial charge in [0.1, 0.15) is 5.75 Å². The Kier molecular flexibility index (Phi) is 3.03. The fourth-order valence-electron chi connectivity index (χ4n) is 2.42. The number of carbonyl (C=O) groups excluding carboxylic acids is 1. The van der Waals surface area contributed by atoms with Crippen LogP contribution < -0.4 is 0 Å². The molecule has 1 aromatic heterocycles. The summed E-state index contributed by atoms with van der Waals surface area (Å²) in [6.07, 6.45) is 0.853. The second kappa shape index (κ2) is 4.70. The minimum Gasteiger partial charge on any atom is -0.508 e. The van der Waals surface area contributed by atoms with Crippen LogP contribution in [0.4, 0.5) is 0 Å². The van der Waals surface area contributed by atoms with Crippen LogP contribution in [0.15, 0.2) is 30.3 Å². The molecule has 0 bridgehead atoms. The summed E-state index contributed by atoms with van der Waals surface area (Å²) < 4.78 is 0. The molecule has 1 amide bonds. The number of hydrogen-bond acceptors (Lipinski definition) is 3. The van der Waals surface area contributed by atoms with E-state index in [1.165, 1.54) is 16.9 Å². The van der Waals surface area contributed by atoms with Crippen molar-refractivity contribution in [2.45, 2.75) is 19.9 Å². The van der Waals surface area contributed by atoms with E-state index in [9.17, 15) is 9.90 Å². The molecule has 0 fully saturated rings. The smallest absolute Gasteiger partial charge is 0.264 e. The van der Waals surface area contributed by atoms with E-state index in [-0.39, 0.29) is 11.7 Å². The van der Waals surface area contributed by atoms with Gasteiger partial charge in [0, 0.05) is 18.0 Å². The predicted molar refractivity (Wildman–Crippen MR) is 75.6 cm³/mol. The Labute approximate surface area is 116 Å². The SMILES string of the molecule is Cc1ccc(C(=O)N2CCc3ccc(O)cc3C2)s1. The molecular formula is C15H15NO2S. The molecule has 0 radical (unpaired) electrons. The van der Waals surface area contributed by atoms with Gasteiger partial charge in [-0.3, -0.25) is 4.79 Å². The molecule has 0 aliphatic carbocycles. The zero-order chi connectivity index (χ0) is 13.4. The van der Waals surface area contributed by atoms with Crippen LogP contribution >= 0.6 is 11.3 Å². The van der Waals surface area contributed by atoms with Crippen molar-refractivity contribution in [2.75, 3.05) is 6.54 Å². The molecule has 1 N–H and O–H groups in total. The van der Waals surface area contributed by atoms with E-state index in [1.54, 1.807) is 12.1 Å². The molecule has 19 heavy (non-hydrogen) atoms. The van der Waals surface area contributed by atoms with Gasteiger partial charge in [-0.1, -0.05) is 6.07 Å². The molecule has 3 rings (SSSR count). The number of aromatic hydroxyl groups is 1. The lowest BCUT2D eigenvalue weighted by molar-refractivity contribution is 0.0739. The molecule has 1 aliphatic rings. The number of phenols is 1. The van der Waals surface area contributed by atoms with Crippen molar-refractivity contribution in [2.24, 2.45) is 0 Å². The largest absolute Gasteiger partial charge is 0.508 e. The number of benzene rings is 1. The van der Waals surface area contributed by atoms with E-state index >= 15 is 0 Å². The number of carbonyl (C=O) groups is 1. The lowest BCUT2D eigenvalue weighted by Gasteiger charge is -2.28. The fraction of sp³-hybridized carbons (Fsp3) is 0.267. The van der Waals surface area contributed by atoms with E-state index in [0.717, 1.165) is 28.3 Å². The first-order valence-corrected chi connectivity index (χ1v) is 7.11. The van der Waals surface area contributed by atoms with Gasteiger partial charge in [0.2, 0.25) is 0 Å². The van der Waals surface area contributed by atoms with Crippen molar-refractivity contribution in [3.8, 4) is 5.75 Å². The van der Waals surface area contributed by atoms with Crippen molar-refractivity contribution in [3.63, 3.8) is 0 Å². The Morgan fingerprint density at radius 2 is 2.11 bits per heavy atom. The number of hydrogen-bond donors (Lipinski definition) is 1. The average molecular weight is 273 g/mol. The maximum atomic E-state index is 12.4. The molecule has 1 aliphatic heterocycles. The first-order chi connectivity index (χ1) is 9.13. The number of aryl methyl sites for hydroxylation is 1. The number of amides is 1. The van der Waals surface area contributed by atoms with Gasteiger partial charge in [-0.2, -0.15) is 0 Å². The average Bonchev–Trinajstić information content (AvgIpc) is 2.83. The molecular weight excluding hydrogens is 258 g/mol. The Morgan fingerprint density at radius 1 is 1.26 bits per heavy atom. The van der Waals surface area contributed by atoms with Crippen LogP contribution in [0.2, 0.25) is 0 Å². The van der Waals surface area contributed by atoms with Crippen LogP contribution in [0.3, 0.4) is 0 Å². The topological polar surface area (TPSA) is 40.5 Å². The highest BCUT2D eigenvalue weighted by Crippen LogP contribution is 2.25. The summed E-state index contributed by atoms with van der Waals surface area (Å²) in [5.41, 5.74) is 2.28. The molecule has 0 saturated heterocycles. The minimum atomic E-state index is 0.0899. The van der Waals surface area contributed by atoms with E-state index in [4.69, 9.17) is 0 Å². The second-order valence-corrected chi connectivity index (χ2v) is 6.13. The van der Waals surface area contributed by atoms with Crippen molar-refractivity contribution < 1.29 is 9.90 Å². The maximum absolute atomic E-state index is 12.4. The number of nitrogens with zero attached hydrogens (tertiary/aromatic N) is 1. The summed E-state index contributed by atoms with van der Waals surface area (Å²) in [6.45, 7) is 3.33. The molecule has 2 heterocycles. The number of phenolic OH excluding ortho intramolecular Hbond substituents is 1. The van der Waals surface area contributed by atoms with Gasteiger partial charge in [-0.05, 0) is 48.7 Å². The predicted octanol–water partition coefficient (Wildman–Crippen LogP) is 2.96. The molecule has 4 heteroatoms. The third-order valence-corrected chi connectivity index (χ3v) is 4.43. The van der Waals surface area contributed by atoms with Gasteiger partial charge in [0.25, 0.3) is 5.91 Å². The lowest BCUT2D eigenvalue weighted by atomic mass is 9.99. The fourth-order valence-corrected chi connectivity index (χ4v) is 3.26. The summed E-state index contributed by atoms with van der Waals surface area (Å²) in [5, 5.41) is 9.53. The van der Waals surface area contributed by atoms with Gasteiger partial charge >= 0.3 is 0 Å². The second-order valence-electron chi connectivity index (χ2n) is 4.84. The molecule has 2 aromatic rings. The molecule has 98 valence electrons. The summed E-state index contributed by atoms with van der Waals surface area (Å²) in [4.78, 5) is 16.2. The Balaban J connectivity index is 1.83. The number of thiophene rings is 1. The summed E-state index contributed by atoms with van der Waals surface area (Å²) in [5.74, 6) is 0.354. The number of rotatable bonds is 1. The summed E-state index contributed by atoms with van der Waals surface area (Å²) in [6, 6.07) is 9.27. The van der Waals surface area contributed by atoms with Gasteiger partial charge in [-0.15, -0.1) is 11.3 Å². The third-order valence-electron chi connectivity index (χ3n) is 3.44. The van der Waals surface area contributed by atoms with Crippen molar-refractivity contribution in [3.05, 3.63) is 51.2 Å². The van der Waals surface area contributed by atoms with Gasteiger partial charge < -0.3 is 10.0 Å². The lowest BCUT2D eigenvalue weighted by Crippen LogP contribution is -2.35. The van der Waals surface area contributed by atoms with E-state index in [0.29, 0.717) is 6.54 Å². The molecule has 0 atom stereocenters. The molecule has 0 spiro atoms.